The molecule has 0 atom stereocenters. The molecule has 6 heteroatoms. The van der Waals surface area contributed by atoms with Crippen molar-refractivity contribution < 1.29 is 8.42 Å². The van der Waals surface area contributed by atoms with Gasteiger partial charge in [-0.1, -0.05) is 6.92 Å². The highest BCUT2D eigenvalue weighted by molar-refractivity contribution is 7.89. The van der Waals surface area contributed by atoms with E-state index >= 15 is 0 Å². The van der Waals surface area contributed by atoms with Crippen molar-refractivity contribution >= 4 is 15.7 Å². The van der Waals surface area contributed by atoms with Crippen molar-refractivity contribution in [2.24, 2.45) is 0 Å². The van der Waals surface area contributed by atoms with Crippen molar-refractivity contribution in [1.29, 1.82) is 0 Å². The van der Waals surface area contributed by atoms with Gasteiger partial charge in [0.05, 0.1) is 5.69 Å². The first-order valence-electron chi connectivity index (χ1n) is 4.26. The lowest BCUT2D eigenvalue weighted by Crippen LogP contribution is -2.24. The van der Waals surface area contributed by atoms with E-state index in [1.54, 1.807) is 0 Å². The maximum atomic E-state index is 11.5. The van der Waals surface area contributed by atoms with Gasteiger partial charge in [-0.2, -0.15) is 0 Å². The Balaban J connectivity index is 2.93. The molecule has 0 amide bonds. The average molecular weight is 215 g/mol. The zero-order valence-corrected chi connectivity index (χ0v) is 8.71. The number of sulfonamides is 1. The molecule has 5 nitrogen and oxygen atoms in total. The average Bonchev–Trinajstić information content (AvgIpc) is 2.15. The van der Waals surface area contributed by atoms with E-state index in [2.05, 4.69) is 9.71 Å². The number of nitrogens with two attached hydrogens (primary N) is 1. The van der Waals surface area contributed by atoms with Crippen LogP contribution in [-0.2, 0) is 10.0 Å². The lowest BCUT2D eigenvalue weighted by molar-refractivity contribution is 0.580. The van der Waals surface area contributed by atoms with E-state index in [0.717, 1.165) is 6.42 Å². The van der Waals surface area contributed by atoms with E-state index < -0.39 is 10.0 Å². The first-order chi connectivity index (χ1) is 6.56. The van der Waals surface area contributed by atoms with E-state index in [4.69, 9.17) is 5.73 Å². The SMILES string of the molecule is CCCNS(=O)(=O)c1cncc(N)c1. The number of nitrogen functional groups attached to an aromatic ring is 1. The number of rotatable bonds is 4. The monoisotopic (exact) mass is 215 g/mol. The molecule has 78 valence electrons. The molecule has 0 aliphatic carbocycles. The molecule has 0 aliphatic rings. The number of pyridine rings is 1. The lowest BCUT2D eigenvalue weighted by atomic mass is 10.4. The highest BCUT2D eigenvalue weighted by atomic mass is 32.2. The summed E-state index contributed by atoms with van der Waals surface area (Å²) in [6, 6.07) is 1.38. The van der Waals surface area contributed by atoms with Crippen molar-refractivity contribution in [2.45, 2.75) is 18.2 Å². The Morgan fingerprint density at radius 3 is 2.79 bits per heavy atom. The summed E-state index contributed by atoms with van der Waals surface area (Å²) >= 11 is 0. The molecule has 0 aromatic carbocycles. The van der Waals surface area contributed by atoms with Gasteiger partial charge in [0, 0.05) is 18.9 Å². The Bertz CT molecular complexity index is 403. The summed E-state index contributed by atoms with van der Waals surface area (Å²) in [5.74, 6) is 0. The molecule has 0 saturated heterocycles. The van der Waals surface area contributed by atoms with Crippen LogP contribution in [0, 0.1) is 0 Å². The molecule has 0 saturated carbocycles. The molecule has 0 fully saturated rings. The zero-order valence-electron chi connectivity index (χ0n) is 7.90. The zero-order chi connectivity index (χ0) is 10.6. The normalized spacial score (nSPS) is 11.5. The third kappa shape index (κ3) is 2.68. The number of hydrogen-bond acceptors (Lipinski definition) is 4. The standard InChI is InChI=1S/C8H13N3O2S/c1-2-3-11-14(12,13)8-4-7(9)5-10-6-8/h4-6,11H,2-3,9H2,1H3. The quantitative estimate of drug-likeness (QED) is 0.759. The summed E-state index contributed by atoms with van der Waals surface area (Å²) in [5, 5.41) is 0. The van der Waals surface area contributed by atoms with Crippen LogP contribution in [0.2, 0.25) is 0 Å². The summed E-state index contributed by atoms with van der Waals surface area (Å²) in [5.41, 5.74) is 5.77. The molecule has 1 aromatic rings. The van der Waals surface area contributed by atoms with Crippen LogP contribution in [0.5, 0.6) is 0 Å². The van der Waals surface area contributed by atoms with Crippen LogP contribution in [0.4, 0.5) is 5.69 Å². The van der Waals surface area contributed by atoms with Crippen LogP contribution in [0.1, 0.15) is 13.3 Å². The molecule has 1 rings (SSSR count). The summed E-state index contributed by atoms with van der Waals surface area (Å²) in [6.07, 6.45) is 3.42. The van der Waals surface area contributed by atoms with Gasteiger partial charge in [0.2, 0.25) is 10.0 Å². The lowest BCUT2D eigenvalue weighted by Gasteiger charge is -2.04. The van der Waals surface area contributed by atoms with Gasteiger partial charge < -0.3 is 5.73 Å². The Labute approximate surface area is 83.4 Å². The van der Waals surface area contributed by atoms with Crippen molar-refractivity contribution in [2.75, 3.05) is 12.3 Å². The first-order valence-corrected chi connectivity index (χ1v) is 5.75. The molecule has 1 aromatic heterocycles. The third-order valence-electron chi connectivity index (χ3n) is 1.59. The highest BCUT2D eigenvalue weighted by Gasteiger charge is 2.12. The largest absolute Gasteiger partial charge is 0.397 e. The molecule has 0 unspecified atom stereocenters. The highest BCUT2D eigenvalue weighted by Crippen LogP contribution is 2.09. The van der Waals surface area contributed by atoms with Crippen LogP contribution in [0.15, 0.2) is 23.4 Å². The molecule has 14 heavy (non-hydrogen) atoms. The summed E-state index contributed by atoms with van der Waals surface area (Å²) in [4.78, 5) is 3.82. The molecule has 0 bridgehead atoms. The molecule has 3 N–H and O–H groups in total. The fraction of sp³-hybridized carbons (Fsp3) is 0.375. The van der Waals surface area contributed by atoms with Crippen molar-refractivity contribution in [3.8, 4) is 0 Å². The van der Waals surface area contributed by atoms with Crippen LogP contribution in [0.3, 0.4) is 0 Å². The second-order valence-corrected chi connectivity index (χ2v) is 4.62. The topological polar surface area (TPSA) is 85.1 Å². The fourth-order valence-corrected chi connectivity index (χ4v) is 2.03. The summed E-state index contributed by atoms with van der Waals surface area (Å²) in [7, 11) is -3.44. The van der Waals surface area contributed by atoms with Gasteiger partial charge in [-0.15, -0.1) is 0 Å². The minimum absolute atomic E-state index is 0.103. The number of nitrogens with one attached hydrogen (secondary N) is 1. The van der Waals surface area contributed by atoms with E-state index in [9.17, 15) is 8.42 Å². The van der Waals surface area contributed by atoms with Crippen molar-refractivity contribution in [3.63, 3.8) is 0 Å². The van der Waals surface area contributed by atoms with E-state index in [1.807, 2.05) is 6.92 Å². The van der Waals surface area contributed by atoms with Gasteiger partial charge in [0.1, 0.15) is 4.90 Å². The number of aromatic nitrogens is 1. The second-order valence-electron chi connectivity index (χ2n) is 2.85. The molecule has 0 aliphatic heterocycles. The van der Waals surface area contributed by atoms with Crippen LogP contribution in [0.25, 0.3) is 0 Å². The van der Waals surface area contributed by atoms with Crippen LogP contribution >= 0.6 is 0 Å². The Hall–Kier alpha value is -1.14. The van der Waals surface area contributed by atoms with E-state index in [1.165, 1.54) is 18.5 Å². The predicted octanol–water partition coefficient (Wildman–Crippen LogP) is 0.352. The summed E-state index contributed by atoms with van der Waals surface area (Å²) in [6.45, 7) is 2.30. The predicted molar refractivity (Wildman–Crippen MR) is 54.1 cm³/mol. The number of hydrogen-bond donors (Lipinski definition) is 2. The Morgan fingerprint density at radius 2 is 2.21 bits per heavy atom. The van der Waals surface area contributed by atoms with Gasteiger partial charge in [-0.25, -0.2) is 13.1 Å². The maximum absolute atomic E-state index is 11.5. The number of nitrogens with zero attached hydrogens (tertiary/aromatic N) is 1. The van der Waals surface area contributed by atoms with Gasteiger partial charge in [0.15, 0.2) is 0 Å². The van der Waals surface area contributed by atoms with Gasteiger partial charge in [0.25, 0.3) is 0 Å². The molecular weight excluding hydrogens is 202 g/mol. The molecule has 1 heterocycles. The Morgan fingerprint density at radius 1 is 1.50 bits per heavy atom. The van der Waals surface area contributed by atoms with Gasteiger partial charge >= 0.3 is 0 Å². The van der Waals surface area contributed by atoms with Crippen LogP contribution in [-0.4, -0.2) is 19.9 Å². The molecular formula is C8H13N3O2S. The van der Waals surface area contributed by atoms with E-state index in [0.29, 0.717) is 12.2 Å². The van der Waals surface area contributed by atoms with Gasteiger partial charge in [-0.3, -0.25) is 4.98 Å². The van der Waals surface area contributed by atoms with Gasteiger partial charge in [-0.05, 0) is 12.5 Å². The Kier molecular flexibility index (Phi) is 3.43. The summed E-state index contributed by atoms with van der Waals surface area (Å²) < 4.78 is 25.5. The minimum atomic E-state index is -3.44. The van der Waals surface area contributed by atoms with Crippen LogP contribution < -0.4 is 10.5 Å². The number of anilines is 1. The maximum Gasteiger partial charge on any atom is 0.242 e. The first kappa shape index (κ1) is 10.9. The second kappa shape index (κ2) is 4.39. The third-order valence-corrected chi connectivity index (χ3v) is 3.01. The minimum Gasteiger partial charge on any atom is -0.397 e. The molecule has 0 radical (unpaired) electrons. The fourth-order valence-electron chi connectivity index (χ4n) is 0.902. The van der Waals surface area contributed by atoms with Crippen molar-refractivity contribution in [1.82, 2.24) is 9.71 Å². The smallest absolute Gasteiger partial charge is 0.242 e. The van der Waals surface area contributed by atoms with E-state index in [-0.39, 0.29) is 4.90 Å². The van der Waals surface area contributed by atoms with Crippen molar-refractivity contribution in [3.05, 3.63) is 18.5 Å². The molecule has 0 spiro atoms.